The Balaban J connectivity index is 0.000000170. The van der Waals surface area contributed by atoms with Crippen molar-refractivity contribution in [3.63, 3.8) is 0 Å². The Labute approximate surface area is 405 Å². The highest BCUT2D eigenvalue weighted by molar-refractivity contribution is 7.99. The van der Waals surface area contributed by atoms with E-state index in [1.807, 2.05) is 21.4 Å². The number of anilines is 4. The lowest BCUT2D eigenvalue weighted by molar-refractivity contribution is -0.134. The number of aromatic nitrogens is 8. The van der Waals surface area contributed by atoms with E-state index in [-0.39, 0.29) is 42.7 Å². The Morgan fingerprint density at radius 3 is 1.76 bits per heavy atom. The van der Waals surface area contributed by atoms with Gasteiger partial charge in [-0.15, -0.1) is 0 Å². The van der Waals surface area contributed by atoms with Crippen molar-refractivity contribution in [3.8, 4) is 22.9 Å². The van der Waals surface area contributed by atoms with E-state index in [9.17, 15) is 14.0 Å². The van der Waals surface area contributed by atoms with Crippen LogP contribution in [0.15, 0.2) is 78.0 Å². The highest BCUT2D eigenvalue weighted by Crippen LogP contribution is 2.36. The number of benzene rings is 3. The Hall–Kier alpha value is -6.64. The molecule has 0 radical (unpaired) electrons. The number of thioether (sulfide) groups is 1. The molecule has 2 aliphatic heterocycles. The summed E-state index contributed by atoms with van der Waals surface area (Å²) in [5.74, 6) is 3.08. The predicted molar refractivity (Wildman–Crippen MR) is 262 cm³/mol. The molecule has 2 saturated heterocycles. The third kappa shape index (κ3) is 10.9. The summed E-state index contributed by atoms with van der Waals surface area (Å²) in [6.45, 7) is 4.50. The van der Waals surface area contributed by atoms with Crippen LogP contribution in [0.1, 0.15) is 25.7 Å². The van der Waals surface area contributed by atoms with Gasteiger partial charge in [-0.05, 0) is 85.6 Å². The van der Waals surface area contributed by atoms with Gasteiger partial charge in [0.15, 0.2) is 46.8 Å². The van der Waals surface area contributed by atoms with Crippen LogP contribution in [0.25, 0.3) is 33.7 Å². The van der Waals surface area contributed by atoms with Gasteiger partial charge in [-0.3, -0.25) is 9.59 Å². The summed E-state index contributed by atoms with van der Waals surface area (Å²) in [4.78, 5) is 63.5. The SMILES string of the molecule is Cn1c(-c2ccc(F)cc2)nc2c(N3CCN(C(=O)COc4ccc(Cl)cc4)CC3)nc(N)nc21.Nc1nc(N2CCN(C(=O)COc3ccc(Cl)cc3)CC2)c2[nH]c(SC3CCCC3)nc2n1. The van der Waals surface area contributed by atoms with Crippen LogP contribution < -0.4 is 30.7 Å². The minimum Gasteiger partial charge on any atom is -0.484 e. The molecule has 354 valence electrons. The zero-order valence-corrected chi connectivity index (χ0v) is 39.5. The maximum atomic E-state index is 13.4. The van der Waals surface area contributed by atoms with Gasteiger partial charge in [-0.1, -0.05) is 47.8 Å². The van der Waals surface area contributed by atoms with Crippen LogP contribution in [0.5, 0.6) is 11.5 Å². The van der Waals surface area contributed by atoms with Crippen molar-refractivity contribution in [2.45, 2.75) is 36.1 Å². The number of imidazole rings is 2. The van der Waals surface area contributed by atoms with E-state index in [1.165, 1.54) is 37.8 Å². The molecule has 0 atom stereocenters. The minimum absolute atomic E-state index is 0.00533. The second-order valence-corrected chi connectivity index (χ2v) is 18.6. The van der Waals surface area contributed by atoms with Crippen molar-refractivity contribution in [2.24, 2.45) is 7.05 Å². The van der Waals surface area contributed by atoms with Crippen LogP contribution in [0, 0.1) is 5.82 Å². The van der Waals surface area contributed by atoms with Crippen molar-refractivity contribution >= 4 is 92.6 Å². The molecule has 3 aliphatic rings. The van der Waals surface area contributed by atoms with Gasteiger partial charge in [0.1, 0.15) is 28.7 Å². The molecule has 1 aliphatic carbocycles. The zero-order chi connectivity index (χ0) is 47.3. The predicted octanol–water partition coefficient (Wildman–Crippen LogP) is 6.48. The molecule has 7 aromatic rings. The van der Waals surface area contributed by atoms with Crippen LogP contribution >= 0.6 is 35.0 Å². The van der Waals surface area contributed by atoms with Crippen molar-refractivity contribution in [1.82, 2.24) is 49.3 Å². The number of aryl methyl sites for hydroxylation is 1. The highest BCUT2D eigenvalue weighted by Gasteiger charge is 2.28. The first-order valence-electron chi connectivity index (χ1n) is 22.2. The first kappa shape index (κ1) is 46.5. The molecule has 0 unspecified atom stereocenters. The summed E-state index contributed by atoms with van der Waals surface area (Å²) in [6.07, 6.45) is 5.01. The third-order valence-corrected chi connectivity index (χ3v) is 13.7. The van der Waals surface area contributed by atoms with E-state index in [0.29, 0.717) is 108 Å². The average Bonchev–Trinajstić information content (AvgIpc) is 4.10. The summed E-state index contributed by atoms with van der Waals surface area (Å²) < 4.78 is 26.4. The van der Waals surface area contributed by atoms with Gasteiger partial charge in [0, 0.05) is 80.3 Å². The van der Waals surface area contributed by atoms with Crippen LogP contribution in [0.4, 0.5) is 27.9 Å². The average molecular weight is 984 g/mol. The van der Waals surface area contributed by atoms with Gasteiger partial charge in [0.05, 0.1) is 0 Å². The molecule has 0 spiro atoms. The van der Waals surface area contributed by atoms with E-state index < -0.39 is 0 Å². The van der Waals surface area contributed by atoms with Gasteiger partial charge in [-0.25, -0.2) is 14.4 Å². The molecular formula is C46H49Cl2FN14O4S. The molecule has 5 N–H and O–H groups in total. The Kier molecular flexibility index (Phi) is 14.1. The number of ether oxygens (including phenoxy) is 2. The molecule has 68 heavy (non-hydrogen) atoms. The molecule has 1 saturated carbocycles. The number of hydrogen-bond donors (Lipinski definition) is 3. The van der Waals surface area contributed by atoms with Gasteiger partial charge < -0.3 is 50.1 Å². The molecule has 4 aromatic heterocycles. The maximum Gasteiger partial charge on any atom is 0.260 e. The summed E-state index contributed by atoms with van der Waals surface area (Å²) in [6, 6.07) is 20.0. The number of H-pyrrole nitrogens is 1. The lowest BCUT2D eigenvalue weighted by Crippen LogP contribution is -2.50. The number of carbonyl (C=O) groups is 2. The highest BCUT2D eigenvalue weighted by atomic mass is 35.5. The Morgan fingerprint density at radius 2 is 1.21 bits per heavy atom. The van der Waals surface area contributed by atoms with Crippen LogP contribution in [0.3, 0.4) is 0 Å². The molecule has 6 heterocycles. The number of nitrogens with one attached hydrogen (secondary N) is 1. The first-order valence-corrected chi connectivity index (χ1v) is 23.9. The molecule has 22 heteroatoms. The van der Waals surface area contributed by atoms with Crippen molar-refractivity contribution in [3.05, 3.63) is 88.7 Å². The quantitative estimate of drug-likeness (QED) is 0.126. The number of aromatic amines is 1. The van der Waals surface area contributed by atoms with E-state index in [2.05, 4.69) is 34.8 Å². The second kappa shape index (κ2) is 20.7. The zero-order valence-electron chi connectivity index (χ0n) is 37.2. The Morgan fingerprint density at radius 1 is 0.691 bits per heavy atom. The van der Waals surface area contributed by atoms with Gasteiger partial charge in [0.2, 0.25) is 11.9 Å². The third-order valence-electron chi connectivity index (χ3n) is 11.9. The topological polar surface area (TPSA) is 216 Å². The number of halogens is 3. The number of hydrogen-bond acceptors (Lipinski definition) is 15. The summed E-state index contributed by atoms with van der Waals surface area (Å²) >= 11 is 13.5. The molecule has 3 fully saturated rings. The summed E-state index contributed by atoms with van der Waals surface area (Å²) in [7, 11) is 1.83. The molecule has 3 aromatic carbocycles. The fourth-order valence-corrected chi connectivity index (χ4v) is 9.77. The summed E-state index contributed by atoms with van der Waals surface area (Å²) in [5, 5.41) is 2.71. The van der Waals surface area contributed by atoms with Crippen LogP contribution in [0.2, 0.25) is 10.0 Å². The van der Waals surface area contributed by atoms with E-state index >= 15 is 0 Å². The van der Waals surface area contributed by atoms with Gasteiger partial charge in [-0.2, -0.15) is 19.9 Å². The van der Waals surface area contributed by atoms with Gasteiger partial charge in [0.25, 0.3) is 11.8 Å². The van der Waals surface area contributed by atoms with Crippen LogP contribution in [-0.2, 0) is 16.6 Å². The van der Waals surface area contributed by atoms with E-state index in [0.717, 1.165) is 22.1 Å². The largest absolute Gasteiger partial charge is 0.484 e. The number of rotatable bonds is 11. The normalized spacial score (nSPS) is 15.5. The first-order chi connectivity index (χ1) is 32.9. The molecule has 18 nitrogen and oxygen atoms in total. The van der Waals surface area contributed by atoms with Crippen molar-refractivity contribution in [1.29, 1.82) is 0 Å². The lowest BCUT2D eigenvalue weighted by Gasteiger charge is -2.35. The minimum atomic E-state index is -0.316. The fraction of sp³-hybridized carbons (Fsp3) is 0.348. The van der Waals surface area contributed by atoms with Gasteiger partial charge >= 0.3 is 0 Å². The summed E-state index contributed by atoms with van der Waals surface area (Å²) in [5.41, 5.74) is 15.3. The lowest BCUT2D eigenvalue weighted by atomic mass is 10.2. The number of nitrogens with zero attached hydrogens (tertiary/aromatic N) is 11. The standard InChI is InChI=1S/C24H23ClFN7O2.C22H26ClN7O2S/c1-31-21(15-2-6-17(26)7-3-15)28-20-22(31)29-24(27)30-23(20)33-12-10-32(11-13-33)19(34)14-35-18-8-4-16(25)5-9-18;23-14-5-7-15(8-6-14)32-13-17(31)29-9-11-30(12-10-29)20-18-19(26-21(24)28-20)27-22(25-18)33-16-3-1-2-4-16/h2-9H,10-14H2,1H3,(H2,27,29,30);5-8,16H,1-4,9-13H2,(H3,24,25,26,27,28). The monoisotopic (exact) mass is 982 g/mol. The van der Waals surface area contributed by atoms with Crippen molar-refractivity contribution < 1.29 is 23.5 Å². The number of amides is 2. The number of nitrogens with two attached hydrogens (primary N) is 2. The van der Waals surface area contributed by atoms with E-state index in [1.54, 1.807) is 77.3 Å². The number of fused-ring (bicyclic) bond motifs is 2. The maximum absolute atomic E-state index is 13.4. The Bertz CT molecular complexity index is 2890. The number of carbonyl (C=O) groups excluding carboxylic acids is 2. The molecule has 10 rings (SSSR count). The van der Waals surface area contributed by atoms with E-state index in [4.69, 9.17) is 49.1 Å². The fourth-order valence-electron chi connectivity index (χ4n) is 8.34. The molecule has 0 bridgehead atoms. The number of piperazine rings is 2. The molecular weight excluding hydrogens is 935 g/mol. The van der Waals surface area contributed by atoms with Crippen molar-refractivity contribution in [2.75, 3.05) is 86.8 Å². The number of nitrogen functional groups attached to an aromatic ring is 2. The second-order valence-electron chi connectivity index (χ2n) is 16.5. The smallest absolute Gasteiger partial charge is 0.260 e. The molecule has 2 amide bonds. The van der Waals surface area contributed by atoms with Crippen LogP contribution in [-0.4, -0.2) is 132 Å².